The maximum Gasteiger partial charge on any atom is 0.0606 e. The summed E-state index contributed by atoms with van der Waals surface area (Å²) in [5.41, 5.74) is 5.71. The van der Waals surface area contributed by atoms with E-state index in [0.29, 0.717) is 12.5 Å². The van der Waals surface area contributed by atoms with Crippen LogP contribution in [-0.4, -0.2) is 30.5 Å². The largest absolute Gasteiger partial charge is 0.396 e. The fraction of sp³-hybridized carbons (Fsp3) is 1.00. The second-order valence-corrected chi connectivity index (χ2v) is 3.10. The molecule has 0 atom stereocenters. The SMILES string of the molecule is COC1CC(N)(CCO)C1. The number of methoxy groups -OCH3 is 1. The minimum absolute atomic E-state index is 0.130. The molecule has 0 unspecified atom stereocenters. The van der Waals surface area contributed by atoms with Crippen molar-refractivity contribution >= 4 is 0 Å². The van der Waals surface area contributed by atoms with E-state index in [-0.39, 0.29) is 12.1 Å². The van der Waals surface area contributed by atoms with Crippen LogP contribution in [0.25, 0.3) is 0 Å². The standard InChI is InChI=1S/C7H15NO2/c1-10-6-4-7(8,5-6)2-3-9/h6,9H,2-5,8H2,1H3. The average Bonchev–Trinajstić information content (AvgIpc) is 1.83. The normalized spacial score (nSPS) is 39.3. The lowest BCUT2D eigenvalue weighted by molar-refractivity contribution is -0.0222. The number of rotatable bonds is 3. The first-order valence-electron chi connectivity index (χ1n) is 3.63. The smallest absolute Gasteiger partial charge is 0.0606 e. The number of hydrogen-bond donors (Lipinski definition) is 2. The Morgan fingerprint density at radius 3 is 2.70 bits per heavy atom. The molecule has 0 radical (unpaired) electrons. The molecule has 0 aliphatic heterocycles. The summed E-state index contributed by atoms with van der Waals surface area (Å²) in [6.45, 7) is 0.187. The van der Waals surface area contributed by atoms with Gasteiger partial charge in [-0.2, -0.15) is 0 Å². The highest BCUT2D eigenvalue weighted by Gasteiger charge is 2.40. The van der Waals surface area contributed by atoms with Crippen molar-refractivity contribution in [1.82, 2.24) is 0 Å². The van der Waals surface area contributed by atoms with E-state index in [1.54, 1.807) is 7.11 Å². The molecule has 1 fully saturated rings. The first-order chi connectivity index (χ1) is 4.70. The number of aliphatic hydroxyl groups is 1. The highest BCUT2D eigenvalue weighted by molar-refractivity contribution is 4.98. The zero-order chi connectivity index (χ0) is 7.61. The Bertz CT molecular complexity index is 110. The molecule has 1 aliphatic rings. The molecular weight excluding hydrogens is 130 g/mol. The Morgan fingerprint density at radius 2 is 2.30 bits per heavy atom. The molecule has 3 N–H and O–H groups in total. The molecule has 3 heteroatoms. The van der Waals surface area contributed by atoms with Gasteiger partial charge in [0.05, 0.1) is 6.10 Å². The van der Waals surface area contributed by atoms with Gasteiger partial charge >= 0.3 is 0 Å². The lowest BCUT2D eigenvalue weighted by atomic mass is 9.73. The van der Waals surface area contributed by atoms with Crippen molar-refractivity contribution < 1.29 is 9.84 Å². The van der Waals surface area contributed by atoms with Crippen molar-refractivity contribution in [2.24, 2.45) is 5.73 Å². The van der Waals surface area contributed by atoms with E-state index in [2.05, 4.69) is 0 Å². The fourth-order valence-corrected chi connectivity index (χ4v) is 1.44. The number of aliphatic hydroxyl groups excluding tert-OH is 1. The van der Waals surface area contributed by atoms with Crippen molar-refractivity contribution in [2.75, 3.05) is 13.7 Å². The lowest BCUT2D eigenvalue weighted by Crippen LogP contribution is -2.55. The fourth-order valence-electron chi connectivity index (χ4n) is 1.44. The second-order valence-electron chi connectivity index (χ2n) is 3.10. The first-order valence-corrected chi connectivity index (χ1v) is 3.63. The van der Waals surface area contributed by atoms with Crippen LogP contribution in [0.15, 0.2) is 0 Å². The molecule has 0 heterocycles. The minimum Gasteiger partial charge on any atom is -0.396 e. The predicted molar refractivity (Wildman–Crippen MR) is 38.7 cm³/mol. The van der Waals surface area contributed by atoms with Gasteiger partial charge in [0.2, 0.25) is 0 Å². The zero-order valence-electron chi connectivity index (χ0n) is 6.34. The van der Waals surface area contributed by atoms with Crippen LogP contribution in [0.5, 0.6) is 0 Å². The van der Waals surface area contributed by atoms with Crippen LogP contribution in [0, 0.1) is 0 Å². The average molecular weight is 145 g/mol. The van der Waals surface area contributed by atoms with Crippen LogP contribution in [0.3, 0.4) is 0 Å². The molecule has 1 rings (SSSR count). The minimum atomic E-state index is -0.130. The quantitative estimate of drug-likeness (QED) is 0.582. The third kappa shape index (κ3) is 1.48. The highest BCUT2D eigenvalue weighted by atomic mass is 16.5. The Kier molecular flexibility index (Phi) is 2.28. The Hall–Kier alpha value is -0.120. The summed E-state index contributed by atoms with van der Waals surface area (Å²) in [6.07, 6.45) is 2.82. The van der Waals surface area contributed by atoms with E-state index in [0.717, 1.165) is 12.8 Å². The Labute approximate surface area is 61.2 Å². The molecule has 1 saturated carbocycles. The molecule has 1 aliphatic carbocycles. The van der Waals surface area contributed by atoms with Crippen LogP contribution in [0.1, 0.15) is 19.3 Å². The van der Waals surface area contributed by atoms with Crippen LogP contribution in [0.4, 0.5) is 0 Å². The van der Waals surface area contributed by atoms with Crippen LogP contribution in [-0.2, 0) is 4.74 Å². The third-order valence-corrected chi connectivity index (χ3v) is 2.21. The van der Waals surface area contributed by atoms with Gasteiger partial charge in [0.25, 0.3) is 0 Å². The van der Waals surface area contributed by atoms with Gasteiger partial charge in [0, 0.05) is 19.3 Å². The molecule has 10 heavy (non-hydrogen) atoms. The van der Waals surface area contributed by atoms with Crippen molar-refractivity contribution in [3.8, 4) is 0 Å². The van der Waals surface area contributed by atoms with Gasteiger partial charge in [-0.25, -0.2) is 0 Å². The Balaban J connectivity index is 2.20. The van der Waals surface area contributed by atoms with Crippen molar-refractivity contribution in [1.29, 1.82) is 0 Å². The maximum atomic E-state index is 8.61. The van der Waals surface area contributed by atoms with Crippen LogP contribution in [0.2, 0.25) is 0 Å². The molecule has 0 aromatic heterocycles. The summed E-state index contributed by atoms with van der Waals surface area (Å²) >= 11 is 0. The summed E-state index contributed by atoms with van der Waals surface area (Å²) in [5, 5.41) is 8.61. The van der Waals surface area contributed by atoms with Gasteiger partial charge in [-0.3, -0.25) is 0 Å². The maximum absolute atomic E-state index is 8.61. The summed E-state index contributed by atoms with van der Waals surface area (Å²) in [5.74, 6) is 0. The van der Waals surface area contributed by atoms with Gasteiger partial charge in [-0.1, -0.05) is 0 Å². The molecule has 0 saturated heterocycles. The molecule has 60 valence electrons. The predicted octanol–water partition coefficient (Wildman–Crippen LogP) is -0.125. The van der Waals surface area contributed by atoms with E-state index in [9.17, 15) is 0 Å². The number of nitrogens with two attached hydrogens (primary N) is 1. The van der Waals surface area contributed by atoms with Gasteiger partial charge in [0.1, 0.15) is 0 Å². The van der Waals surface area contributed by atoms with E-state index >= 15 is 0 Å². The first kappa shape index (κ1) is 7.98. The van der Waals surface area contributed by atoms with E-state index in [1.165, 1.54) is 0 Å². The summed E-state index contributed by atoms with van der Waals surface area (Å²) in [7, 11) is 1.70. The number of ether oxygens (including phenoxy) is 1. The van der Waals surface area contributed by atoms with Gasteiger partial charge in [-0.15, -0.1) is 0 Å². The van der Waals surface area contributed by atoms with Gasteiger partial charge < -0.3 is 15.6 Å². The Morgan fingerprint density at radius 1 is 1.70 bits per heavy atom. The second kappa shape index (κ2) is 2.86. The summed E-state index contributed by atoms with van der Waals surface area (Å²) in [6, 6.07) is 0. The molecule has 0 aromatic carbocycles. The zero-order valence-corrected chi connectivity index (χ0v) is 6.34. The lowest BCUT2D eigenvalue weighted by Gasteiger charge is -2.43. The molecule has 0 spiro atoms. The van der Waals surface area contributed by atoms with Gasteiger partial charge in [0.15, 0.2) is 0 Å². The van der Waals surface area contributed by atoms with E-state index in [4.69, 9.17) is 15.6 Å². The molecule has 0 aromatic rings. The van der Waals surface area contributed by atoms with Crippen molar-refractivity contribution in [3.05, 3.63) is 0 Å². The van der Waals surface area contributed by atoms with Crippen molar-refractivity contribution in [3.63, 3.8) is 0 Å². The van der Waals surface area contributed by atoms with E-state index < -0.39 is 0 Å². The van der Waals surface area contributed by atoms with Crippen LogP contribution < -0.4 is 5.73 Å². The van der Waals surface area contributed by atoms with Crippen molar-refractivity contribution in [2.45, 2.75) is 30.9 Å². The van der Waals surface area contributed by atoms with Crippen LogP contribution >= 0.6 is 0 Å². The number of hydrogen-bond acceptors (Lipinski definition) is 3. The third-order valence-electron chi connectivity index (χ3n) is 2.21. The molecular formula is C7H15NO2. The monoisotopic (exact) mass is 145 g/mol. The molecule has 3 nitrogen and oxygen atoms in total. The van der Waals surface area contributed by atoms with Gasteiger partial charge in [-0.05, 0) is 19.3 Å². The highest BCUT2D eigenvalue weighted by Crippen LogP contribution is 2.34. The molecule has 0 amide bonds. The van der Waals surface area contributed by atoms with E-state index in [1.807, 2.05) is 0 Å². The summed E-state index contributed by atoms with van der Waals surface area (Å²) < 4.78 is 5.07. The topological polar surface area (TPSA) is 55.5 Å². The molecule has 0 bridgehead atoms. The summed E-state index contributed by atoms with van der Waals surface area (Å²) in [4.78, 5) is 0.